The van der Waals surface area contributed by atoms with Gasteiger partial charge in [0.2, 0.25) is 0 Å². The van der Waals surface area contributed by atoms with E-state index >= 15 is 0 Å². The normalized spacial score (nSPS) is 23.4. The molecule has 0 aromatic rings. The number of nitrogens with one attached hydrogen (secondary N) is 1. The standard InChI is InChI=1S/C11H22N2.C2H6/c1-2-13-7-5-11(6-8-13)12-9-10-3-4-10;1-2/h10-12H,2-9H2,1H3;1-2H3. The van der Waals surface area contributed by atoms with E-state index in [2.05, 4.69) is 17.1 Å². The second-order valence-corrected chi connectivity index (χ2v) is 4.56. The van der Waals surface area contributed by atoms with E-state index in [1.165, 1.54) is 51.9 Å². The molecule has 2 rings (SSSR count). The Labute approximate surface area is 95.4 Å². The summed E-state index contributed by atoms with van der Waals surface area (Å²) in [6, 6.07) is 0.823. The zero-order chi connectivity index (χ0) is 11.1. The molecule has 1 N–H and O–H groups in total. The third-order valence-electron chi connectivity index (χ3n) is 3.43. The van der Waals surface area contributed by atoms with Crippen molar-refractivity contribution in [2.24, 2.45) is 5.92 Å². The topological polar surface area (TPSA) is 15.3 Å². The molecular weight excluding hydrogens is 184 g/mol. The van der Waals surface area contributed by atoms with Crippen molar-refractivity contribution in [3.8, 4) is 0 Å². The van der Waals surface area contributed by atoms with Crippen LogP contribution in [0.5, 0.6) is 0 Å². The molecule has 2 fully saturated rings. The van der Waals surface area contributed by atoms with E-state index in [9.17, 15) is 0 Å². The maximum absolute atomic E-state index is 3.70. The molecule has 0 amide bonds. The van der Waals surface area contributed by atoms with Crippen molar-refractivity contribution >= 4 is 0 Å². The number of piperidine rings is 1. The summed E-state index contributed by atoms with van der Waals surface area (Å²) < 4.78 is 0. The zero-order valence-electron chi connectivity index (χ0n) is 10.8. The van der Waals surface area contributed by atoms with Crippen molar-refractivity contribution in [3.05, 3.63) is 0 Å². The quantitative estimate of drug-likeness (QED) is 0.770. The first-order valence-electron chi connectivity index (χ1n) is 6.84. The lowest BCUT2D eigenvalue weighted by Crippen LogP contribution is -2.42. The molecule has 90 valence electrons. The summed E-state index contributed by atoms with van der Waals surface area (Å²) in [6.45, 7) is 11.4. The first-order valence-corrected chi connectivity index (χ1v) is 6.84. The Balaban J connectivity index is 0.000000531. The minimum atomic E-state index is 0.823. The second kappa shape index (κ2) is 7.24. The molecule has 0 unspecified atom stereocenters. The molecule has 0 aromatic carbocycles. The van der Waals surface area contributed by atoms with E-state index in [4.69, 9.17) is 0 Å². The Bertz CT molecular complexity index is 147. The van der Waals surface area contributed by atoms with E-state index in [0.29, 0.717) is 0 Å². The highest BCUT2D eigenvalue weighted by Gasteiger charge is 2.23. The molecule has 2 heteroatoms. The van der Waals surface area contributed by atoms with Crippen molar-refractivity contribution in [3.63, 3.8) is 0 Å². The van der Waals surface area contributed by atoms with Gasteiger partial charge in [-0.3, -0.25) is 0 Å². The fourth-order valence-corrected chi connectivity index (χ4v) is 2.11. The predicted octanol–water partition coefficient (Wildman–Crippen LogP) is 2.50. The number of likely N-dealkylation sites (tertiary alicyclic amines) is 1. The smallest absolute Gasteiger partial charge is 0.00915 e. The molecule has 1 saturated heterocycles. The molecule has 2 aliphatic rings. The lowest BCUT2D eigenvalue weighted by atomic mass is 10.1. The first kappa shape index (κ1) is 13.0. The number of hydrogen-bond acceptors (Lipinski definition) is 2. The summed E-state index contributed by atoms with van der Waals surface area (Å²) >= 11 is 0. The molecule has 1 saturated carbocycles. The Kier molecular flexibility index (Phi) is 6.26. The van der Waals surface area contributed by atoms with E-state index in [-0.39, 0.29) is 0 Å². The predicted molar refractivity (Wildman–Crippen MR) is 67.2 cm³/mol. The van der Waals surface area contributed by atoms with Gasteiger partial charge in [-0.05, 0) is 57.8 Å². The molecule has 0 spiro atoms. The fraction of sp³-hybridized carbons (Fsp3) is 1.00. The van der Waals surface area contributed by atoms with Crippen molar-refractivity contribution in [2.45, 2.75) is 52.5 Å². The van der Waals surface area contributed by atoms with Crippen LogP contribution < -0.4 is 5.32 Å². The van der Waals surface area contributed by atoms with Crippen LogP contribution in [0.4, 0.5) is 0 Å². The van der Waals surface area contributed by atoms with Crippen LogP contribution in [0.25, 0.3) is 0 Å². The van der Waals surface area contributed by atoms with Gasteiger partial charge in [0.05, 0.1) is 0 Å². The van der Waals surface area contributed by atoms with Crippen LogP contribution in [0.2, 0.25) is 0 Å². The van der Waals surface area contributed by atoms with Crippen LogP contribution in [0.15, 0.2) is 0 Å². The number of hydrogen-bond donors (Lipinski definition) is 1. The van der Waals surface area contributed by atoms with Gasteiger partial charge in [0.1, 0.15) is 0 Å². The number of nitrogens with zero attached hydrogens (tertiary/aromatic N) is 1. The zero-order valence-corrected chi connectivity index (χ0v) is 10.8. The SMILES string of the molecule is CC.CCN1CCC(NCC2CC2)CC1. The second-order valence-electron chi connectivity index (χ2n) is 4.56. The Morgan fingerprint density at radius 3 is 2.13 bits per heavy atom. The highest BCUT2D eigenvalue weighted by atomic mass is 15.1. The molecule has 0 atom stereocenters. The van der Waals surface area contributed by atoms with Gasteiger partial charge >= 0.3 is 0 Å². The third kappa shape index (κ3) is 4.98. The molecule has 1 aliphatic carbocycles. The summed E-state index contributed by atoms with van der Waals surface area (Å²) in [5, 5.41) is 3.70. The minimum absolute atomic E-state index is 0.823. The van der Waals surface area contributed by atoms with Gasteiger partial charge in [0.25, 0.3) is 0 Å². The average molecular weight is 212 g/mol. The molecule has 1 aliphatic heterocycles. The van der Waals surface area contributed by atoms with Crippen molar-refractivity contribution in [1.29, 1.82) is 0 Å². The van der Waals surface area contributed by atoms with Gasteiger partial charge < -0.3 is 10.2 Å². The summed E-state index contributed by atoms with van der Waals surface area (Å²) in [5.74, 6) is 1.03. The van der Waals surface area contributed by atoms with Crippen molar-refractivity contribution in [2.75, 3.05) is 26.2 Å². The Hall–Kier alpha value is -0.0800. The van der Waals surface area contributed by atoms with Crippen molar-refractivity contribution < 1.29 is 0 Å². The molecule has 15 heavy (non-hydrogen) atoms. The molecule has 2 nitrogen and oxygen atoms in total. The van der Waals surface area contributed by atoms with Gasteiger partial charge in [-0.25, -0.2) is 0 Å². The van der Waals surface area contributed by atoms with Crippen LogP contribution in [0.3, 0.4) is 0 Å². The lowest BCUT2D eigenvalue weighted by Gasteiger charge is -2.31. The van der Waals surface area contributed by atoms with Gasteiger partial charge in [0.15, 0.2) is 0 Å². The van der Waals surface area contributed by atoms with E-state index in [1.54, 1.807) is 0 Å². The van der Waals surface area contributed by atoms with E-state index in [0.717, 1.165) is 12.0 Å². The molecule has 1 heterocycles. The van der Waals surface area contributed by atoms with Gasteiger partial charge in [0, 0.05) is 6.04 Å². The van der Waals surface area contributed by atoms with Crippen LogP contribution in [-0.2, 0) is 0 Å². The molecule has 0 radical (unpaired) electrons. The van der Waals surface area contributed by atoms with E-state index < -0.39 is 0 Å². The van der Waals surface area contributed by atoms with Crippen LogP contribution >= 0.6 is 0 Å². The largest absolute Gasteiger partial charge is 0.314 e. The average Bonchev–Trinajstić information content (AvgIpc) is 3.14. The van der Waals surface area contributed by atoms with Crippen molar-refractivity contribution in [1.82, 2.24) is 10.2 Å². The number of rotatable bonds is 4. The summed E-state index contributed by atoms with van der Waals surface area (Å²) in [4.78, 5) is 2.55. The van der Waals surface area contributed by atoms with E-state index in [1.807, 2.05) is 13.8 Å². The minimum Gasteiger partial charge on any atom is -0.314 e. The molecule has 0 bridgehead atoms. The summed E-state index contributed by atoms with van der Waals surface area (Å²) in [5.41, 5.74) is 0. The molecular formula is C13H28N2. The van der Waals surface area contributed by atoms with Gasteiger partial charge in [-0.1, -0.05) is 20.8 Å². The summed E-state index contributed by atoms with van der Waals surface area (Å²) in [6.07, 6.45) is 5.67. The monoisotopic (exact) mass is 212 g/mol. The van der Waals surface area contributed by atoms with Crippen LogP contribution in [-0.4, -0.2) is 37.1 Å². The third-order valence-corrected chi connectivity index (χ3v) is 3.43. The maximum Gasteiger partial charge on any atom is 0.00915 e. The van der Waals surface area contributed by atoms with Gasteiger partial charge in [-0.2, -0.15) is 0 Å². The highest BCUT2D eigenvalue weighted by molar-refractivity contribution is 4.81. The fourth-order valence-electron chi connectivity index (χ4n) is 2.11. The Morgan fingerprint density at radius 1 is 1.07 bits per heavy atom. The van der Waals surface area contributed by atoms with Crippen LogP contribution in [0.1, 0.15) is 46.5 Å². The molecule has 0 aromatic heterocycles. The highest BCUT2D eigenvalue weighted by Crippen LogP contribution is 2.28. The first-order chi connectivity index (χ1) is 7.38. The van der Waals surface area contributed by atoms with Gasteiger partial charge in [-0.15, -0.1) is 0 Å². The van der Waals surface area contributed by atoms with Crippen LogP contribution in [0, 0.1) is 5.92 Å². The summed E-state index contributed by atoms with van der Waals surface area (Å²) in [7, 11) is 0. The maximum atomic E-state index is 3.70. The lowest BCUT2D eigenvalue weighted by molar-refractivity contribution is 0.206. The Morgan fingerprint density at radius 2 is 1.67 bits per heavy atom.